The van der Waals surface area contributed by atoms with Crippen molar-refractivity contribution in [3.8, 4) is 0 Å². The quantitative estimate of drug-likeness (QED) is 0.626. The molecule has 1 heterocycles. The minimum absolute atomic E-state index is 0.237. The first-order valence-electron chi connectivity index (χ1n) is 7.47. The predicted octanol–water partition coefficient (Wildman–Crippen LogP) is 6.30. The van der Waals surface area contributed by atoms with Gasteiger partial charge >= 0.3 is 6.03 Å². The Labute approximate surface area is 165 Å². The molecule has 8 heteroatoms. The number of hydrogen-bond acceptors (Lipinski definition) is 3. The first kappa shape index (κ1) is 18.4. The number of hydrogen-bond donors (Lipinski definition) is 1. The molecular weight excluding hydrogens is 401 g/mol. The number of rotatable bonds is 2. The maximum Gasteiger partial charge on any atom is 0.327 e. The summed E-state index contributed by atoms with van der Waals surface area (Å²) in [5.74, 6) is 0. The Kier molecular flexibility index (Phi) is 5.79. The molecule has 0 unspecified atom stereocenters. The summed E-state index contributed by atoms with van der Waals surface area (Å²) in [7, 11) is 0. The van der Waals surface area contributed by atoms with Crippen LogP contribution in [0.15, 0.2) is 47.5 Å². The number of anilines is 1. The lowest BCUT2D eigenvalue weighted by Crippen LogP contribution is -2.36. The molecule has 1 aliphatic rings. The molecular formula is C17H14Cl3N3OS. The Morgan fingerprint density at radius 3 is 2.64 bits per heavy atom. The molecule has 0 bridgehead atoms. The first-order valence-corrected chi connectivity index (χ1v) is 9.49. The van der Waals surface area contributed by atoms with Crippen LogP contribution >= 0.6 is 46.6 Å². The molecule has 0 saturated carbocycles. The van der Waals surface area contributed by atoms with E-state index in [-0.39, 0.29) is 11.3 Å². The average Bonchev–Trinajstić information content (AvgIpc) is 2.94. The molecule has 0 aromatic heterocycles. The van der Waals surface area contributed by atoms with E-state index in [1.807, 2.05) is 25.1 Å². The standard InChI is InChI=1S/C17H14Cl3N3OS/c1-10-9-23(16(24)21-11-6-7-12(18)14(20)8-11)17(25-10)22-15-5-3-2-4-13(15)19/h2-8,10H,9H2,1H3,(H,21,24)/t10-/m0/s1. The van der Waals surface area contributed by atoms with Gasteiger partial charge < -0.3 is 5.32 Å². The van der Waals surface area contributed by atoms with Crippen LogP contribution in [0.2, 0.25) is 15.1 Å². The molecule has 1 fully saturated rings. The Bertz CT molecular complexity index is 844. The number of thioether (sulfide) groups is 1. The minimum atomic E-state index is -0.277. The highest BCUT2D eigenvalue weighted by Gasteiger charge is 2.31. The van der Waals surface area contributed by atoms with Gasteiger partial charge in [0.15, 0.2) is 5.17 Å². The maximum absolute atomic E-state index is 12.7. The van der Waals surface area contributed by atoms with Crippen LogP contribution in [-0.4, -0.2) is 27.9 Å². The van der Waals surface area contributed by atoms with Crippen molar-refractivity contribution < 1.29 is 4.79 Å². The first-order chi connectivity index (χ1) is 11.9. The Morgan fingerprint density at radius 2 is 1.92 bits per heavy atom. The third-order valence-electron chi connectivity index (χ3n) is 3.46. The summed E-state index contributed by atoms with van der Waals surface area (Å²) in [5.41, 5.74) is 1.20. The summed E-state index contributed by atoms with van der Waals surface area (Å²) in [6.45, 7) is 2.60. The Morgan fingerprint density at radius 1 is 1.16 bits per heavy atom. The fraction of sp³-hybridized carbons (Fsp3) is 0.176. The van der Waals surface area contributed by atoms with Crippen LogP contribution in [0.1, 0.15) is 6.92 Å². The van der Waals surface area contributed by atoms with Crippen LogP contribution in [-0.2, 0) is 0 Å². The van der Waals surface area contributed by atoms with Gasteiger partial charge in [-0.1, -0.05) is 65.6 Å². The lowest BCUT2D eigenvalue weighted by molar-refractivity contribution is 0.235. The van der Waals surface area contributed by atoms with Crippen LogP contribution < -0.4 is 5.32 Å². The predicted molar refractivity (Wildman–Crippen MR) is 108 cm³/mol. The van der Waals surface area contributed by atoms with Crippen molar-refractivity contribution in [2.45, 2.75) is 12.2 Å². The molecule has 0 radical (unpaired) electrons. The van der Waals surface area contributed by atoms with Crippen molar-refractivity contribution in [1.82, 2.24) is 4.90 Å². The largest absolute Gasteiger partial charge is 0.327 e. The van der Waals surface area contributed by atoms with Crippen molar-refractivity contribution >= 4 is 69.1 Å². The number of amidine groups is 1. The molecule has 3 rings (SSSR count). The van der Waals surface area contributed by atoms with Gasteiger partial charge in [0.2, 0.25) is 0 Å². The number of aliphatic imine (C=N–C) groups is 1. The van der Waals surface area contributed by atoms with Crippen molar-refractivity contribution in [3.63, 3.8) is 0 Å². The number of para-hydroxylation sites is 1. The second kappa shape index (κ2) is 7.87. The van der Waals surface area contributed by atoms with Crippen molar-refractivity contribution in [2.24, 2.45) is 4.99 Å². The smallest absolute Gasteiger partial charge is 0.307 e. The van der Waals surface area contributed by atoms with E-state index in [2.05, 4.69) is 10.3 Å². The molecule has 1 atom stereocenters. The molecule has 0 spiro atoms. The molecule has 2 aromatic carbocycles. The number of carbonyl (C=O) groups excluding carboxylic acids is 1. The summed E-state index contributed by atoms with van der Waals surface area (Å²) in [6.07, 6.45) is 0. The zero-order valence-corrected chi connectivity index (χ0v) is 16.3. The van der Waals surface area contributed by atoms with Gasteiger partial charge in [-0.25, -0.2) is 9.79 Å². The summed E-state index contributed by atoms with van der Waals surface area (Å²) in [6, 6.07) is 11.9. The molecule has 2 amide bonds. The van der Waals surface area contributed by atoms with Gasteiger partial charge in [0, 0.05) is 17.5 Å². The van der Waals surface area contributed by atoms with Gasteiger partial charge in [-0.3, -0.25) is 4.90 Å². The van der Waals surface area contributed by atoms with Crippen molar-refractivity contribution in [2.75, 3.05) is 11.9 Å². The number of amides is 2. The third kappa shape index (κ3) is 4.42. The van der Waals surface area contributed by atoms with E-state index in [4.69, 9.17) is 34.8 Å². The molecule has 4 nitrogen and oxygen atoms in total. The molecule has 25 heavy (non-hydrogen) atoms. The lowest BCUT2D eigenvalue weighted by Gasteiger charge is -2.17. The zero-order chi connectivity index (χ0) is 18.0. The Balaban J connectivity index is 1.82. The van der Waals surface area contributed by atoms with Gasteiger partial charge in [0.05, 0.1) is 20.8 Å². The average molecular weight is 415 g/mol. The van der Waals surface area contributed by atoms with E-state index in [1.165, 1.54) is 11.8 Å². The summed E-state index contributed by atoms with van der Waals surface area (Å²) >= 11 is 19.6. The van der Waals surface area contributed by atoms with Gasteiger partial charge in [0.1, 0.15) is 0 Å². The second-order valence-electron chi connectivity index (χ2n) is 5.44. The van der Waals surface area contributed by atoms with Crippen LogP contribution in [0.4, 0.5) is 16.2 Å². The maximum atomic E-state index is 12.7. The minimum Gasteiger partial charge on any atom is -0.307 e. The number of benzene rings is 2. The van der Waals surface area contributed by atoms with Crippen molar-refractivity contribution in [1.29, 1.82) is 0 Å². The van der Waals surface area contributed by atoms with Gasteiger partial charge in [-0.15, -0.1) is 0 Å². The van der Waals surface area contributed by atoms with E-state index < -0.39 is 0 Å². The van der Waals surface area contributed by atoms with E-state index in [0.29, 0.717) is 38.2 Å². The highest BCUT2D eigenvalue weighted by Crippen LogP contribution is 2.32. The Hall–Kier alpha value is -1.40. The highest BCUT2D eigenvalue weighted by molar-refractivity contribution is 8.14. The van der Waals surface area contributed by atoms with Crippen molar-refractivity contribution in [3.05, 3.63) is 57.5 Å². The van der Waals surface area contributed by atoms with E-state index in [9.17, 15) is 4.79 Å². The van der Waals surface area contributed by atoms with Gasteiger partial charge in [0.25, 0.3) is 0 Å². The normalized spacial score (nSPS) is 18.6. The number of halogens is 3. The van der Waals surface area contributed by atoms with Gasteiger partial charge in [-0.2, -0.15) is 0 Å². The number of nitrogens with zero attached hydrogens (tertiary/aromatic N) is 2. The van der Waals surface area contributed by atoms with Crippen LogP contribution in [0.5, 0.6) is 0 Å². The molecule has 1 N–H and O–H groups in total. The lowest BCUT2D eigenvalue weighted by atomic mass is 10.3. The molecule has 1 saturated heterocycles. The van der Waals surface area contributed by atoms with Crippen LogP contribution in [0.25, 0.3) is 0 Å². The van der Waals surface area contributed by atoms with Crippen LogP contribution in [0, 0.1) is 0 Å². The second-order valence-corrected chi connectivity index (χ2v) is 8.07. The summed E-state index contributed by atoms with van der Waals surface area (Å²) in [5, 5.41) is 5.03. The molecule has 2 aromatic rings. The number of nitrogens with one attached hydrogen (secondary N) is 1. The monoisotopic (exact) mass is 413 g/mol. The van der Waals surface area contributed by atoms with E-state index in [0.717, 1.165) is 0 Å². The number of urea groups is 1. The van der Waals surface area contributed by atoms with Crippen LogP contribution in [0.3, 0.4) is 0 Å². The third-order valence-corrected chi connectivity index (χ3v) is 5.59. The highest BCUT2D eigenvalue weighted by atomic mass is 35.5. The molecule has 0 aliphatic carbocycles. The summed E-state index contributed by atoms with van der Waals surface area (Å²) < 4.78 is 0. The SMILES string of the molecule is C[C@H]1CN(C(=O)Nc2ccc(Cl)c(Cl)c2)C(=Nc2ccccc2Cl)S1. The number of carbonyl (C=O) groups is 1. The van der Waals surface area contributed by atoms with Gasteiger partial charge in [-0.05, 0) is 30.3 Å². The fourth-order valence-electron chi connectivity index (χ4n) is 2.28. The zero-order valence-electron chi connectivity index (χ0n) is 13.2. The summed E-state index contributed by atoms with van der Waals surface area (Å²) in [4.78, 5) is 18.8. The molecule has 1 aliphatic heterocycles. The molecule has 130 valence electrons. The fourth-order valence-corrected chi connectivity index (χ4v) is 3.78. The van der Waals surface area contributed by atoms with E-state index in [1.54, 1.807) is 29.2 Å². The topological polar surface area (TPSA) is 44.7 Å². The van der Waals surface area contributed by atoms with E-state index >= 15 is 0 Å².